The minimum Gasteiger partial charge on any atom is -0.350 e. The van der Waals surface area contributed by atoms with Gasteiger partial charge in [0.05, 0.1) is 0 Å². The molecule has 146 valence electrons. The Hall–Kier alpha value is -3.23. The molecule has 1 aliphatic heterocycles. The SMILES string of the molecule is CC(C(=O)NCc1cccnc1-n1ccnc1)N1C(=O)NC2(CCCC2)C1=O. The quantitative estimate of drug-likeness (QED) is 0.754. The van der Waals surface area contributed by atoms with Crippen molar-refractivity contribution in [1.29, 1.82) is 0 Å². The van der Waals surface area contributed by atoms with E-state index in [1.807, 2.05) is 6.07 Å². The van der Waals surface area contributed by atoms with E-state index in [4.69, 9.17) is 0 Å². The summed E-state index contributed by atoms with van der Waals surface area (Å²) in [5.41, 5.74) is -0.0191. The van der Waals surface area contributed by atoms with Gasteiger partial charge in [-0.1, -0.05) is 18.9 Å². The second kappa shape index (κ2) is 7.06. The van der Waals surface area contributed by atoms with Crippen molar-refractivity contribution in [2.75, 3.05) is 0 Å². The number of carbonyl (C=O) groups excluding carboxylic acids is 3. The molecule has 1 saturated carbocycles. The molecule has 9 nitrogen and oxygen atoms in total. The first-order valence-corrected chi connectivity index (χ1v) is 9.37. The minimum atomic E-state index is -0.888. The van der Waals surface area contributed by atoms with Gasteiger partial charge in [0.1, 0.15) is 23.7 Å². The van der Waals surface area contributed by atoms with Crippen LogP contribution in [-0.4, -0.2) is 48.9 Å². The number of aromatic nitrogens is 3. The van der Waals surface area contributed by atoms with Crippen molar-refractivity contribution in [3.63, 3.8) is 0 Å². The average molecular weight is 382 g/mol. The Balaban J connectivity index is 1.45. The maximum Gasteiger partial charge on any atom is 0.325 e. The number of pyridine rings is 1. The third-order valence-electron chi connectivity index (χ3n) is 5.49. The van der Waals surface area contributed by atoms with E-state index in [2.05, 4.69) is 20.6 Å². The number of nitrogens with one attached hydrogen (secondary N) is 2. The fourth-order valence-electron chi connectivity index (χ4n) is 3.94. The van der Waals surface area contributed by atoms with Crippen molar-refractivity contribution in [2.45, 2.75) is 50.7 Å². The molecule has 2 N–H and O–H groups in total. The van der Waals surface area contributed by atoms with Gasteiger partial charge in [-0.2, -0.15) is 0 Å². The monoisotopic (exact) mass is 382 g/mol. The van der Waals surface area contributed by atoms with E-state index in [0.29, 0.717) is 18.7 Å². The molecule has 0 radical (unpaired) electrons. The van der Waals surface area contributed by atoms with Gasteiger partial charge in [-0.05, 0) is 25.8 Å². The number of hydrogen-bond acceptors (Lipinski definition) is 5. The standard InChI is InChI=1S/C19H22N6O3/c1-13(25-17(27)19(23-18(25)28)6-2-3-7-19)16(26)22-11-14-5-4-8-21-15(14)24-10-9-20-12-24/h4-5,8-10,12-13H,2-3,6-7,11H2,1H3,(H,22,26)(H,23,28). The summed E-state index contributed by atoms with van der Waals surface area (Å²) in [7, 11) is 0. The first kappa shape index (κ1) is 18.1. The fraction of sp³-hybridized carbons (Fsp3) is 0.421. The van der Waals surface area contributed by atoms with Crippen molar-refractivity contribution in [2.24, 2.45) is 0 Å². The molecule has 4 amide bonds. The van der Waals surface area contributed by atoms with Crippen LogP contribution in [0.4, 0.5) is 4.79 Å². The molecule has 1 saturated heterocycles. The Kier molecular flexibility index (Phi) is 4.58. The highest BCUT2D eigenvalue weighted by Gasteiger charge is 2.54. The largest absolute Gasteiger partial charge is 0.350 e. The van der Waals surface area contributed by atoms with Gasteiger partial charge in [-0.25, -0.2) is 19.7 Å². The molecule has 2 aromatic rings. The highest BCUT2D eigenvalue weighted by atomic mass is 16.2. The summed E-state index contributed by atoms with van der Waals surface area (Å²) in [5, 5.41) is 5.62. The number of imidazole rings is 1. The lowest BCUT2D eigenvalue weighted by Gasteiger charge is -2.23. The van der Waals surface area contributed by atoms with E-state index < -0.39 is 17.6 Å². The Labute approximate surface area is 162 Å². The van der Waals surface area contributed by atoms with Crippen molar-refractivity contribution >= 4 is 17.8 Å². The van der Waals surface area contributed by atoms with Crippen molar-refractivity contribution in [3.05, 3.63) is 42.6 Å². The summed E-state index contributed by atoms with van der Waals surface area (Å²) in [6, 6.07) is 2.26. The summed E-state index contributed by atoms with van der Waals surface area (Å²) >= 11 is 0. The van der Waals surface area contributed by atoms with Crippen molar-refractivity contribution < 1.29 is 14.4 Å². The van der Waals surface area contributed by atoms with Crippen LogP contribution >= 0.6 is 0 Å². The predicted octanol–water partition coefficient (Wildman–Crippen LogP) is 1.14. The van der Waals surface area contributed by atoms with Crippen molar-refractivity contribution in [3.8, 4) is 5.82 Å². The maximum absolute atomic E-state index is 12.8. The van der Waals surface area contributed by atoms with E-state index in [1.54, 1.807) is 42.5 Å². The van der Waals surface area contributed by atoms with E-state index in [0.717, 1.165) is 23.3 Å². The summed E-state index contributed by atoms with van der Waals surface area (Å²) in [6.45, 7) is 1.79. The molecule has 1 atom stereocenters. The van der Waals surface area contributed by atoms with Gasteiger partial charge in [0.2, 0.25) is 5.91 Å². The Morgan fingerprint density at radius 3 is 2.82 bits per heavy atom. The number of carbonyl (C=O) groups is 3. The molecule has 4 rings (SSSR count). The number of hydrogen-bond donors (Lipinski definition) is 2. The van der Waals surface area contributed by atoms with E-state index >= 15 is 0 Å². The van der Waals surface area contributed by atoms with Gasteiger partial charge >= 0.3 is 6.03 Å². The lowest BCUT2D eigenvalue weighted by atomic mass is 9.97. The summed E-state index contributed by atoms with van der Waals surface area (Å²) in [6.07, 6.45) is 9.78. The van der Waals surface area contributed by atoms with Gasteiger partial charge in [-0.3, -0.25) is 14.2 Å². The van der Waals surface area contributed by atoms with Crippen LogP contribution < -0.4 is 10.6 Å². The second-order valence-electron chi connectivity index (χ2n) is 7.24. The normalized spacial score (nSPS) is 19.1. The number of rotatable bonds is 5. The predicted molar refractivity (Wildman–Crippen MR) is 99.2 cm³/mol. The van der Waals surface area contributed by atoms with Crippen LogP contribution in [0.2, 0.25) is 0 Å². The number of amides is 4. The highest BCUT2D eigenvalue weighted by Crippen LogP contribution is 2.35. The molecule has 0 bridgehead atoms. The third kappa shape index (κ3) is 3.02. The van der Waals surface area contributed by atoms with Crippen LogP contribution in [0.3, 0.4) is 0 Å². The first-order valence-electron chi connectivity index (χ1n) is 9.37. The van der Waals surface area contributed by atoms with E-state index in [1.165, 1.54) is 0 Å². The van der Waals surface area contributed by atoms with Crippen LogP contribution in [-0.2, 0) is 16.1 Å². The molecule has 2 aromatic heterocycles. The van der Waals surface area contributed by atoms with Crippen LogP contribution in [0, 0.1) is 0 Å². The number of imide groups is 1. The fourth-order valence-corrected chi connectivity index (χ4v) is 3.94. The summed E-state index contributed by atoms with van der Waals surface area (Å²) in [5.74, 6) is -0.0232. The van der Waals surface area contributed by atoms with Crippen LogP contribution in [0.1, 0.15) is 38.2 Å². The van der Waals surface area contributed by atoms with Crippen LogP contribution in [0.5, 0.6) is 0 Å². The molecular formula is C19H22N6O3. The number of nitrogens with zero attached hydrogens (tertiary/aromatic N) is 4. The van der Waals surface area contributed by atoms with E-state index in [9.17, 15) is 14.4 Å². The van der Waals surface area contributed by atoms with Gasteiger partial charge < -0.3 is 10.6 Å². The van der Waals surface area contributed by atoms with E-state index in [-0.39, 0.29) is 18.4 Å². The van der Waals surface area contributed by atoms with Gasteiger partial charge in [-0.15, -0.1) is 0 Å². The molecule has 9 heteroatoms. The minimum absolute atomic E-state index is 0.222. The zero-order valence-corrected chi connectivity index (χ0v) is 15.6. The second-order valence-corrected chi connectivity index (χ2v) is 7.24. The van der Waals surface area contributed by atoms with Gasteiger partial charge in [0.15, 0.2) is 0 Å². The highest BCUT2D eigenvalue weighted by molar-refractivity contribution is 6.09. The molecule has 1 spiro atoms. The molecule has 0 aromatic carbocycles. The summed E-state index contributed by atoms with van der Waals surface area (Å²) in [4.78, 5) is 47.3. The average Bonchev–Trinajstić information content (AvgIpc) is 3.43. The van der Waals surface area contributed by atoms with Crippen LogP contribution in [0.15, 0.2) is 37.1 Å². The van der Waals surface area contributed by atoms with Crippen molar-refractivity contribution in [1.82, 2.24) is 30.1 Å². The van der Waals surface area contributed by atoms with Gasteiger partial charge in [0.25, 0.3) is 5.91 Å². The smallest absolute Gasteiger partial charge is 0.325 e. The number of urea groups is 1. The molecule has 2 fully saturated rings. The summed E-state index contributed by atoms with van der Waals surface area (Å²) < 4.78 is 1.76. The Bertz CT molecular complexity index is 904. The topological polar surface area (TPSA) is 109 Å². The Morgan fingerprint density at radius 1 is 1.32 bits per heavy atom. The molecule has 2 aliphatic rings. The Morgan fingerprint density at radius 2 is 2.11 bits per heavy atom. The molecule has 1 aliphatic carbocycles. The van der Waals surface area contributed by atoms with Crippen LogP contribution in [0.25, 0.3) is 5.82 Å². The zero-order chi connectivity index (χ0) is 19.7. The zero-order valence-electron chi connectivity index (χ0n) is 15.6. The lowest BCUT2D eigenvalue weighted by Crippen LogP contribution is -2.49. The molecule has 3 heterocycles. The molecule has 28 heavy (non-hydrogen) atoms. The molecular weight excluding hydrogens is 360 g/mol. The lowest BCUT2D eigenvalue weighted by molar-refractivity contribution is -0.137. The van der Waals surface area contributed by atoms with Gasteiger partial charge in [0, 0.05) is 30.7 Å². The maximum atomic E-state index is 12.8. The third-order valence-corrected chi connectivity index (χ3v) is 5.49. The molecule has 1 unspecified atom stereocenters. The first-order chi connectivity index (χ1) is 13.5.